The molecule has 0 bridgehead atoms. The van der Waals surface area contributed by atoms with E-state index in [0.717, 1.165) is 0 Å². The Bertz CT molecular complexity index is 768. The topological polar surface area (TPSA) is 113 Å². The molecule has 1 aliphatic rings. The average molecular weight is 392 g/mol. The van der Waals surface area contributed by atoms with E-state index in [9.17, 15) is 14.4 Å². The molecule has 154 valence electrons. The van der Waals surface area contributed by atoms with Crippen LogP contribution in [-0.4, -0.2) is 55.6 Å². The van der Waals surface area contributed by atoms with Crippen LogP contribution >= 0.6 is 0 Å². The lowest BCUT2D eigenvalue weighted by Gasteiger charge is -2.29. The minimum Gasteiger partial charge on any atom is -0.464 e. The summed E-state index contributed by atoms with van der Waals surface area (Å²) in [6.07, 6.45) is 0. The average Bonchev–Trinajstić information content (AvgIpc) is 2.99. The maximum Gasteiger partial charge on any atom is 0.338 e. The molecule has 0 aromatic carbocycles. The van der Waals surface area contributed by atoms with Crippen molar-refractivity contribution in [2.45, 2.75) is 39.8 Å². The van der Waals surface area contributed by atoms with Gasteiger partial charge in [-0.05, 0) is 46.9 Å². The Hall–Kier alpha value is -2.81. The van der Waals surface area contributed by atoms with E-state index in [-0.39, 0.29) is 37.2 Å². The van der Waals surface area contributed by atoms with Gasteiger partial charge in [0.05, 0.1) is 18.7 Å². The molecule has 1 atom stereocenters. The number of carbonyl (C=O) groups excluding carboxylic acids is 3. The molecule has 0 unspecified atom stereocenters. The van der Waals surface area contributed by atoms with Gasteiger partial charge in [-0.25, -0.2) is 9.59 Å². The predicted molar refractivity (Wildman–Crippen MR) is 102 cm³/mol. The third kappa shape index (κ3) is 5.59. The summed E-state index contributed by atoms with van der Waals surface area (Å²) in [5.74, 6) is 0.404. The van der Waals surface area contributed by atoms with Gasteiger partial charge in [-0.1, -0.05) is 0 Å². The van der Waals surface area contributed by atoms with Crippen LogP contribution < -0.4 is 16.0 Å². The molecule has 0 fully saturated rings. The van der Waals surface area contributed by atoms with Crippen LogP contribution in [0.15, 0.2) is 27.8 Å². The molecule has 2 rings (SSSR count). The number of nitrogens with one attached hydrogen (secondary N) is 3. The van der Waals surface area contributed by atoms with E-state index in [0.29, 0.717) is 17.2 Å². The highest BCUT2D eigenvalue weighted by atomic mass is 16.5. The Morgan fingerprint density at radius 1 is 1.36 bits per heavy atom. The van der Waals surface area contributed by atoms with E-state index >= 15 is 0 Å². The Morgan fingerprint density at radius 3 is 2.64 bits per heavy atom. The number of urea groups is 1. The highest BCUT2D eigenvalue weighted by molar-refractivity contribution is 5.95. The van der Waals surface area contributed by atoms with E-state index in [1.165, 1.54) is 0 Å². The van der Waals surface area contributed by atoms with Crippen molar-refractivity contribution < 1.29 is 23.5 Å². The fourth-order valence-corrected chi connectivity index (χ4v) is 2.95. The first-order valence-electron chi connectivity index (χ1n) is 9.23. The summed E-state index contributed by atoms with van der Waals surface area (Å²) in [6.45, 7) is 7.74. The molecule has 0 aliphatic carbocycles. The highest BCUT2D eigenvalue weighted by Gasteiger charge is 2.35. The molecule has 9 nitrogen and oxygen atoms in total. The second-order valence-electron chi connectivity index (χ2n) is 6.99. The first-order valence-corrected chi connectivity index (χ1v) is 9.23. The van der Waals surface area contributed by atoms with Gasteiger partial charge >= 0.3 is 12.0 Å². The summed E-state index contributed by atoms with van der Waals surface area (Å²) in [5, 5.41) is 8.18. The monoisotopic (exact) mass is 392 g/mol. The lowest BCUT2D eigenvalue weighted by molar-refractivity contribution is -0.139. The van der Waals surface area contributed by atoms with Gasteiger partial charge in [-0.3, -0.25) is 9.69 Å². The summed E-state index contributed by atoms with van der Waals surface area (Å²) < 4.78 is 10.8. The molecular weight excluding hydrogens is 364 g/mol. The first-order chi connectivity index (χ1) is 13.2. The zero-order valence-corrected chi connectivity index (χ0v) is 16.9. The minimum atomic E-state index is -0.769. The van der Waals surface area contributed by atoms with Crippen molar-refractivity contribution in [1.29, 1.82) is 0 Å². The molecule has 3 amide bonds. The van der Waals surface area contributed by atoms with Crippen LogP contribution in [0.4, 0.5) is 4.79 Å². The largest absolute Gasteiger partial charge is 0.464 e. The number of nitrogens with zero attached hydrogens (tertiary/aromatic N) is 1. The summed E-state index contributed by atoms with van der Waals surface area (Å²) in [4.78, 5) is 38.5. The molecule has 1 aromatic heterocycles. The maximum absolute atomic E-state index is 12.6. The number of hydrogen-bond acceptors (Lipinski definition) is 6. The van der Waals surface area contributed by atoms with Crippen molar-refractivity contribution in [1.82, 2.24) is 20.9 Å². The summed E-state index contributed by atoms with van der Waals surface area (Å²) >= 11 is 0. The van der Waals surface area contributed by atoms with Gasteiger partial charge in [0.1, 0.15) is 17.6 Å². The van der Waals surface area contributed by atoms with E-state index in [2.05, 4.69) is 16.0 Å². The Kier molecular flexibility index (Phi) is 7.22. The standard InChI is InChI=1S/C19H28N4O5/c1-6-27-18(25)16-13(9-23(5)10-15(24)20-11(2)3)21-19(26)22-17(16)14-8-7-12(4)28-14/h7-8,11,17H,6,9-10H2,1-5H3,(H,20,24)(H2,21,22,26)/t17-/m0/s1. The fraction of sp³-hybridized carbons (Fsp3) is 0.526. The van der Waals surface area contributed by atoms with Gasteiger partial charge in [-0.15, -0.1) is 0 Å². The van der Waals surface area contributed by atoms with Crippen molar-refractivity contribution in [3.63, 3.8) is 0 Å². The van der Waals surface area contributed by atoms with E-state index < -0.39 is 18.0 Å². The van der Waals surface area contributed by atoms with Crippen LogP contribution in [0.25, 0.3) is 0 Å². The number of ether oxygens (including phenoxy) is 1. The van der Waals surface area contributed by atoms with E-state index in [4.69, 9.17) is 9.15 Å². The third-order valence-corrected chi connectivity index (χ3v) is 3.99. The van der Waals surface area contributed by atoms with Crippen LogP contribution in [0.5, 0.6) is 0 Å². The SMILES string of the molecule is CCOC(=O)C1=C(CN(C)CC(=O)NC(C)C)NC(=O)N[C@H]1c1ccc(C)o1. The number of likely N-dealkylation sites (N-methyl/N-ethyl adjacent to an activating group) is 1. The number of carbonyl (C=O) groups is 3. The smallest absolute Gasteiger partial charge is 0.338 e. The van der Waals surface area contributed by atoms with Crippen molar-refractivity contribution in [3.05, 3.63) is 34.9 Å². The molecule has 2 heterocycles. The Balaban J connectivity index is 2.31. The number of furan rings is 1. The number of amides is 3. The Morgan fingerprint density at radius 2 is 2.07 bits per heavy atom. The summed E-state index contributed by atoms with van der Waals surface area (Å²) in [7, 11) is 1.73. The maximum atomic E-state index is 12.6. The molecule has 1 aliphatic heterocycles. The highest BCUT2D eigenvalue weighted by Crippen LogP contribution is 2.29. The minimum absolute atomic E-state index is 0.0281. The lowest BCUT2D eigenvalue weighted by Crippen LogP contribution is -2.49. The van der Waals surface area contributed by atoms with Crippen LogP contribution in [0, 0.1) is 6.92 Å². The molecule has 1 aromatic rings. The molecule has 0 saturated carbocycles. The number of hydrogen-bond donors (Lipinski definition) is 3. The quantitative estimate of drug-likeness (QED) is 0.573. The number of rotatable bonds is 8. The summed E-state index contributed by atoms with van der Waals surface area (Å²) in [5.41, 5.74) is 0.632. The molecular formula is C19H28N4O5. The molecule has 9 heteroatoms. The molecule has 28 heavy (non-hydrogen) atoms. The van der Waals surface area contributed by atoms with E-state index in [1.54, 1.807) is 37.9 Å². The Labute approximate surface area is 164 Å². The fourth-order valence-electron chi connectivity index (χ4n) is 2.95. The van der Waals surface area contributed by atoms with Gasteiger partial charge in [-0.2, -0.15) is 0 Å². The van der Waals surface area contributed by atoms with Crippen LogP contribution in [0.1, 0.15) is 38.3 Å². The van der Waals surface area contributed by atoms with Crippen molar-refractivity contribution in [2.75, 3.05) is 26.7 Å². The van der Waals surface area contributed by atoms with E-state index in [1.807, 2.05) is 13.8 Å². The van der Waals surface area contributed by atoms with Crippen LogP contribution in [0.2, 0.25) is 0 Å². The van der Waals surface area contributed by atoms with Crippen molar-refractivity contribution in [3.8, 4) is 0 Å². The summed E-state index contributed by atoms with van der Waals surface area (Å²) in [6, 6.07) is 2.27. The van der Waals surface area contributed by atoms with Crippen molar-refractivity contribution >= 4 is 17.9 Å². The third-order valence-electron chi connectivity index (χ3n) is 3.99. The van der Waals surface area contributed by atoms with Crippen molar-refractivity contribution in [2.24, 2.45) is 0 Å². The first kappa shape index (κ1) is 21.5. The van der Waals surface area contributed by atoms with Gasteiger partial charge in [0.15, 0.2) is 0 Å². The molecule has 0 saturated heterocycles. The number of aryl methyl sites for hydroxylation is 1. The molecule has 0 radical (unpaired) electrons. The van der Waals surface area contributed by atoms with Gasteiger partial charge in [0.2, 0.25) is 5.91 Å². The zero-order valence-electron chi connectivity index (χ0n) is 16.9. The van der Waals surface area contributed by atoms with Gasteiger partial charge in [0.25, 0.3) is 0 Å². The second kappa shape index (κ2) is 9.41. The van der Waals surface area contributed by atoms with Gasteiger partial charge < -0.3 is 25.1 Å². The second-order valence-corrected chi connectivity index (χ2v) is 6.99. The van der Waals surface area contributed by atoms with Crippen LogP contribution in [-0.2, 0) is 14.3 Å². The molecule has 0 spiro atoms. The van der Waals surface area contributed by atoms with Crippen LogP contribution in [0.3, 0.4) is 0 Å². The predicted octanol–water partition coefficient (Wildman–Crippen LogP) is 1.22. The normalized spacial score (nSPS) is 16.8. The number of esters is 1. The lowest BCUT2D eigenvalue weighted by atomic mass is 10.00. The van der Waals surface area contributed by atoms with Gasteiger partial charge in [0, 0.05) is 18.3 Å². The molecule has 3 N–H and O–H groups in total. The zero-order chi connectivity index (χ0) is 20.8.